The standard InChI is InChI=1S/C21H20FNO3S/c1-21(2,3)18-13-17(24)19(27(26)16-7-5-4-6-8-16)20(25)23(18)15-11-9-14(22)10-12-15/h4-13,24H,1-3H3. The Bertz CT molecular complexity index is 1050. The zero-order valence-corrected chi connectivity index (χ0v) is 16.1. The van der Waals surface area contributed by atoms with Gasteiger partial charge in [0, 0.05) is 27.8 Å². The highest BCUT2D eigenvalue weighted by atomic mass is 32.2. The number of nitrogens with zero attached hydrogens (tertiary/aromatic N) is 1. The minimum atomic E-state index is -1.85. The fraction of sp³-hybridized carbons (Fsp3) is 0.190. The first-order valence-corrected chi connectivity index (χ1v) is 9.57. The highest BCUT2D eigenvalue weighted by Crippen LogP contribution is 2.30. The molecule has 0 aliphatic heterocycles. The van der Waals surface area contributed by atoms with Crippen molar-refractivity contribution >= 4 is 10.8 Å². The van der Waals surface area contributed by atoms with E-state index in [0.717, 1.165) is 0 Å². The van der Waals surface area contributed by atoms with E-state index in [2.05, 4.69) is 0 Å². The number of aromatic hydroxyl groups is 1. The fourth-order valence-electron chi connectivity index (χ4n) is 2.81. The van der Waals surface area contributed by atoms with Crippen LogP contribution in [0.2, 0.25) is 0 Å². The van der Waals surface area contributed by atoms with Gasteiger partial charge in [-0.05, 0) is 36.4 Å². The van der Waals surface area contributed by atoms with Crippen molar-refractivity contribution in [3.05, 3.63) is 82.5 Å². The Morgan fingerprint density at radius 1 is 1.00 bits per heavy atom. The summed E-state index contributed by atoms with van der Waals surface area (Å²) in [5, 5.41) is 10.5. The average Bonchev–Trinajstić information content (AvgIpc) is 2.62. The molecule has 1 heterocycles. The van der Waals surface area contributed by atoms with Gasteiger partial charge < -0.3 is 5.11 Å². The molecular formula is C21H20FNO3S. The van der Waals surface area contributed by atoms with Crippen LogP contribution in [0.1, 0.15) is 26.5 Å². The largest absolute Gasteiger partial charge is 0.506 e. The van der Waals surface area contributed by atoms with E-state index >= 15 is 0 Å². The summed E-state index contributed by atoms with van der Waals surface area (Å²) >= 11 is 0. The lowest BCUT2D eigenvalue weighted by Gasteiger charge is -2.25. The molecule has 0 aliphatic rings. The molecule has 3 aromatic rings. The summed E-state index contributed by atoms with van der Waals surface area (Å²) in [5.41, 5.74) is -0.102. The Morgan fingerprint density at radius 3 is 2.15 bits per heavy atom. The van der Waals surface area contributed by atoms with Crippen molar-refractivity contribution in [3.8, 4) is 11.4 Å². The Labute approximate surface area is 159 Å². The van der Waals surface area contributed by atoms with E-state index in [4.69, 9.17) is 0 Å². The molecule has 0 aliphatic carbocycles. The van der Waals surface area contributed by atoms with Crippen LogP contribution in [-0.2, 0) is 16.2 Å². The molecule has 2 aromatic carbocycles. The van der Waals surface area contributed by atoms with Crippen molar-refractivity contribution < 1.29 is 13.7 Å². The lowest BCUT2D eigenvalue weighted by atomic mass is 9.90. The highest BCUT2D eigenvalue weighted by molar-refractivity contribution is 7.85. The van der Waals surface area contributed by atoms with Crippen LogP contribution in [0.5, 0.6) is 5.75 Å². The Balaban J connectivity index is 2.32. The quantitative estimate of drug-likeness (QED) is 0.737. The molecule has 0 amide bonds. The molecular weight excluding hydrogens is 365 g/mol. The number of rotatable bonds is 3. The van der Waals surface area contributed by atoms with Crippen LogP contribution in [0.25, 0.3) is 5.69 Å². The van der Waals surface area contributed by atoms with E-state index in [-0.39, 0.29) is 10.6 Å². The summed E-state index contributed by atoms with van der Waals surface area (Å²) in [6, 6.07) is 15.4. The molecule has 3 rings (SSSR count). The topological polar surface area (TPSA) is 59.3 Å². The lowest BCUT2D eigenvalue weighted by molar-refractivity contribution is 0.446. The number of hydrogen-bond donors (Lipinski definition) is 1. The van der Waals surface area contributed by atoms with E-state index < -0.39 is 27.6 Å². The second-order valence-corrected chi connectivity index (χ2v) is 8.61. The summed E-state index contributed by atoms with van der Waals surface area (Å²) in [6.45, 7) is 5.69. The van der Waals surface area contributed by atoms with Gasteiger partial charge in [0.05, 0.1) is 10.8 Å². The van der Waals surface area contributed by atoms with Gasteiger partial charge in [0.1, 0.15) is 11.6 Å². The van der Waals surface area contributed by atoms with Crippen molar-refractivity contribution in [2.45, 2.75) is 36.0 Å². The molecule has 27 heavy (non-hydrogen) atoms. The van der Waals surface area contributed by atoms with Crippen molar-refractivity contribution in [3.63, 3.8) is 0 Å². The predicted molar refractivity (Wildman–Crippen MR) is 103 cm³/mol. The first-order valence-electron chi connectivity index (χ1n) is 8.42. The number of hydrogen-bond acceptors (Lipinski definition) is 3. The third-order valence-corrected chi connectivity index (χ3v) is 5.60. The van der Waals surface area contributed by atoms with Gasteiger partial charge in [-0.25, -0.2) is 8.60 Å². The maximum atomic E-state index is 13.4. The van der Waals surface area contributed by atoms with Gasteiger partial charge in [0.25, 0.3) is 5.56 Å². The van der Waals surface area contributed by atoms with Crippen LogP contribution in [0.3, 0.4) is 0 Å². The van der Waals surface area contributed by atoms with Crippen LogP contribution in [-0.4, -0.2) is 13.9 Å². The minimum Gasteiger partial charge on any atom is -0.506 e. The van der Waals surface area contributed by atoms with E-state index in [0.29, 0.717) is 16.3 Å². The fourth-order valence-corrected chi connectivity index (χ4v) is 3.95. The van der Waals surface area contributed by atoms with Gasteiger partial charge in [-0.2, -0.15) is 0 Å². The van der Waals surface area contributed by atoms with Gasteiger partial charge in [-0.1, -0.05) is 39.0 Å². The van der Waals surface area contributed by atoms with Crippen LogP contribution in [0.15, 0.2) is 75.2 Å². The first-order chi connectivity index (χ1) is 12.7. The molecule has 0 fully saturated rings. The Morgan fingerprint density at radius 2 is 1.59 bits per heavy atom. The molecule has 0 bridgehead atoms. The normalized spacial score (nSPS) is 12.7. The SMILES string of the molecule is CC(C)(C)c1cc(O)c(S(=O)c2ccccc2)c(=O)n1-c1ccc(F)cc1. The van der Waals surface area contributed by atoms with Gasteiger partial charge in [-0.15, -0.1) is 0 Å². The van der Waals surface area contributed by atoms with Crippen LogP contribution < -0.4 is 5.56 Å². The highest BCUT2D eigenvalue weighted by Gasteiger charge is 2.27. The zero-order valence-electron chi connectivity index (χ0n) is 15.3. The van der Waals surface area contributed by atoms with E-state index in [1.54, 1.807) is 30.3 Å². The van der Waals surface area contributed by atoms with Gasteiger partial charge >= 0.3 is 0 Å². The second-order valence-electron chi connectivity index (χ2n) is 7.19. The zero-order chi connectivity index (χ0) is 19.8. The summed E-state index contributed by atoms with van der Waals surface area (Å²) in [5.74, 6) is -0.735. The lowest BCUT2D eigenvalue weighted by Crippen LogP contribution is -2.31. The number of halogens is 1. The van der Waals surface area contributed by atoms with Gasteiger partial charge in [-0.3, -0.25) is 9.36 Å². The number of aromatic nitrogens is 1. The molecule has 140 valence electrons. The molecule has 6 heteroatoms. The number of benzene rings is 2. The third-order valence-electron chi connectivity index (χ3n) is 4.14. The average molecular weight is 385 g/mol. The Kier molecular flexibility index (Phi) is 5.02. The molecule has 0 spiro atoms. The summed E-state index contributed by atoms with van der Waals surface area (Å²) < 4.78 is 27.7. The molecule has 4 nitrogen and oxygen atoms in total. The maximum Gasteiger partial charge on any atom is 0.275 e. The van der Waals surface area contributed by atoms with Gasteiger partial charge in [0.15, 0.2) is 4.90 Å². The van der Waals surface area contributed by atoms with Crippen molar-refractivity contribution in [2.75, 3.05) is 0 Å². The molecule has 0 radical (unpaired) electrons. The van der Waals surface area contributed by atoms with E-state index in [1.165, 1.54) is 34.9 Å². The van der Waals surface area contributed by atoms with Crippen LogP contribution in [0.4, 0.5) is 4.39 Å². The van der Waals surface area contributed by atoms with Crippen molar-refractivity contribution in [1.82, 2.24) is 4.57 Å². The minimum absolute atomic E-state index is 0.196. The second kappa shape index (κ2) is 7.12. The Hall–Kier alpha value is -2.73. The predicted octanol–water partition coefficient (Wildman–Crippen LogP) is 4.15. The smallest absolute Gasteiger partial charge is 0.275 e. The third kappa shape index (κ3) is 3.71. The monoisotopic (exact) mass is 385 g/mol. The number of pyridine rings is 1. The summed E-state index contributed by atoms with van der Waals surface area (Å²) in [6.07, 6.45) is 0. The van der Waals surface area contributed by atoms with Crippen LogP contribution >= 0.6 is 0 Å². The molecule has 1 unspecified atom stereocenters. The molecule has 0 saturated heterocycles. The maximum absolute atomic E-state index is 13.4. The van der Waals surface area contributed by atoms with E-state index in [9.17, 15) is 18.5 Å². The van der Waals surface area contributed by atoms with Crippen molar-refractivity contribution in [2.24, 2.45) is 0 Å². The summed E-state index contributed by atoms with van der Waals surface area (Å²) in [4.78, 5) is 13.5. The molecule has 1 aromatic heterocycles. The van der Waals surface area contributed by atoms with Crippen molar-refractivity contribution in [1.29, 1.82) is 0 Å². The van der Waals surface area contributed by atoms with Crippen LogP contribution in [0, 0.1) is 5.82 Å². The molecule has 1 N–H and O–H groups in total. The van der Waals surface area contributed by atoms with Gasteiger partial charge in [0.2, 0.25) is 0 Å². The molecule has 0 saturated carbocycles. The van der Waals surface area contributed by atoms with E-state index in [1.807, 2.05) is 20.8 Å². The summed E-state index contributed by atoms with van der Waals surface area (Å²) in [7, 11) is -1.85. The first kappa shape index (κ1) is 19.0. The molecule has 1 atom stereocenters.